The molecule has 0 spiro atoms. The maximum atomic E-state index is 12.5. The van der Waals surface area contributed by atoms with Crippen molar-refractivity contribution in [1.82, 2.24) is 5.32 Å². The molecule has 0 bridgehead atoms. The van der Waals surface area contributed by atoms with E-state index in [1.807, 2.05) is 0 Å². The zero-order valence-electron chi connectivity index (χ0n) is 41.2. The van der Waals surface area contributed by atoms with E-state index in [4.69, 9.17) is 4.74 Å². The van der Waals surface area contributed by atoms with Crippen LogP contribution in [0.4, 0.5) is 0 Å². The molecule has 362 valence electrons. The number of amides is 1. The van der Waals surface area contributed by atoms with E-state index in [1.165, 1.54) is 212 Å². The van der Waals surface area contributed by atoms with Gasteiger partial charge in [0.15, 0.2) is 0 Å². The molecule has 0 saturated carbocycles. The molecule has 0 aromatic heterocycles. The van der Waals surface area contributed by atoms with Crippen molar-refractivity contribution in [2.24, 2.45) is 0 Å². The Bertz CT molecular complexity index is 909. The van der Waals surface area contributed by atoms with Gasteiger partial charge >= 0.3 is 5.97 Å². The van der Waals surface area contributed by atoms with Crippen molar-refractivity contribution in [2.75, 3.05) is 13.2 Å². The Morgan fingerprint density at radius 1 is 0.443 bits per heavy atom. The van der Waals surface area contributed by atoms with Crippen molar-refractivity contribution in [3.05, 3.63) is 12.2 Å². The average molecular weight is 862 g/mol. The molecule has 0 aromatic rings. The van der Waals surface area contributed by atoms with Crippen molar-refractivity contribution in [3.63, 3.8) is 0 Å². The van der Waals surface area contributed by atoms with E-state index < -0.39 is 12.1 Å². The number of carbonyl (C=O) groups is 2. The van der Waals surface area contributed by atoms with Crippen LogP contribution in [-0.4, -0.2) is 47.4 Å². The lowest BCUT2D eigenvalue weighted by molar-refractivity contribution is -0.143. The van der Waals surface area contributed by atoms with Crippen LogP contribution in [0.15, 0.2) is 12.2 Å². The van der Waals surface area contributed by atoms with Gasteiger partial charge in [-0.05, 0) is 51.4 Å². The summed E-state index contributed by atoms with van der Waals surface area (Å²) < 4.78 is 5.47. The third-order valence-electron chi connectivity index (χ3n) is 12.8. The fraction of sp³-hybridized carbons (Fsp3) is 0.927. The second-order valence-corrected chi connectivity index (χ2v) is 18.9. The smallest absolute Gasteiger partial charge is 0.305 e. The zero-order valence-corrected chi connectivity index (χ0v) is 41.2. The summed E-state index contributed by atoms with van der Waals surface area (Å²) in [6, 6.07) is -0.561. The number of unbranched alkanes of at least 4 members (excludes halogenated alkanes) is 38. The van der Waals surface area contributed by atoms with Gasteiger partial charge in [-0.1, -0.05) is 251 Å². The normalized spacial score (nSPS) is 12.7. The lowest BCUT2D eigenvalue weighted by atomic mass is 10.0. The first-order chi connectivity index (χ1) is 30.0. The molecule has 0 aliphatic carbocycles. The third kappa shape index (κ3) is 47.9. The number of esters is 1. The van der Waals surface area contributed by atoms with Crippen LogP contribution >= 0.6 is 0 Å². The topological polar surface area (TPSA) is 95.9 Å². The summed E-state index contributed by atoms with van der Waals surface area (Å²) in [4.78, 5) is 24.5. The van der Waals surface area contributed by atoms with Gasteiger partial charge in [-0.2, -0.15) is 0 Å². The van der Waals surface area contributed by atoms with Crippen molar-refractivity contribution in [2.45, 2.75) is 315 Å². The fourth-order valence-electron chi connectivity index (χ4n) is 8.58. The number of aliphatic hydroxyl groups is 2. The van der Waals surface area contributed by atoms with Crippen LogP contribution in [0.3, 0.4) is 0 Å². The summed E-state index contributed by atoms with van der Waals surface area (Å²) in [6.07, 6.45) is 59.0. The van der Waals surface area contributed by atoms with Gasteiger partial charge in [0.05, 0.1) is 25.4 Å². The van der Waals surface area contributed by atoms with Crippen LogP contribution in [0, 0.1) is 0 Å². The van der Waals surface area contributed by atoms with E-state index in [-0.39, 0.29) is 18.5 Å². The van der Waals surface area contributed by atoms with Crippen LogP contribution in [-0.2, 0) is 14.3 Å². The molecule has 0 fully saturated rings. The molecular formula is C55H107NO5. The molecular weight excluding hydrogens is 755 g/mol. The summed E-state index contributed by atoms with van der Waals surface area (Å²) in [5, 5.41) is 23.2. The van der Waals surface area contributed by atoms with E-state index in [9.17, 15) is 19.8 Å². The first kappa shape index (κ1) is 59.6. The van der Waals surface area contributed by atoms with Gasteiger partial charge in [0.2, 0.25) is 5.91 Å². The van der Waals surface area contributed by atoms with Crippen molar-refractivity contribution < 1.29 is 24.5 Å². The largest absolute Gasteiger partial charge is 0.466 e. The van der Waals surface area contributed by atoms with Crippen molar-refractivity contribution in [1.29, 1.82) is 0 Å². The monoisotopic (exact) mass is 862 g/mol. The molecule has 0 saturated heterocycles. The molecule has 0 radical (unpaired) electrons. The summed E-state index contributed by atoms with van der Waals surface area (Å²) >= 11 is 0. The van der Waals surface area contributed by atoms with E-state index in [1.54, 1.807) is 0 Å². The molecule has 3 N–H and O–H groups in total. The molecule has 1 amide bonds. The number of nitrogens with one attached hydrogen (secondary N) is 1. The van der Waals surface area contributed by atoms with Gasteiger partial charge in [0, 0.05) is 12.8 Å². The minimum Gasteiger partial charge on any atom is -0.466 e. The van der Waals surface area contributed by atoms with Crippen LogP contribution < -0.4 is 5.32 Å². The Hall–Kier alpha value is -1.40. The molecule has 6 nitrogen and oxygen atoms in total. The van der Waals surface area contributed by atoms with Gasteiger partial charge in [-0.15, -0.1) is 0 Å². The van der Waals surface area contributed by atoms with E-state index in [2.05, 4.69) is 31.3 Å². The molecule has 2 atom stereocenters. The zero-order chi connectivity index (χ0) is 44.4. The molecule has 0 aliphatic heterocycles. The SMILES string of the molecule is CCCCCCCC/C=C\CCCCCCCCCCCC(=O)OCCCCCCCCCCCC(=O)NC(CO)C(O)CCCCCCCCCCCCCCCCCC. The number of hydrogen-bond acceptors (Lipinski definition) is 5. The first-order valence-electron chi connectivity index (χ1n) is 27.4. The van der Waals surface area contributed by atoms with Gasteiger partial charge in [0.1, 0.15) is 0 Å². The highest BCUT2D eigenvalue weighted by molar-refractivity contribution is 5.76. The number of rotatable bonds is 51. The lowest BCUT2D eigenvalue weighted by Gasteiger charge is -2.22. The minimum absolute atomic E-state index is 0.0247. The van der Waals surface area contributed by atoms with Gasteiger partial charge in [-0.3, -0.25) is 9.59 Å². The summed E-state index contributed by atoms with van der Waals surface area (Å²) in [5.74, 6) is -0.0850. The maximum absolute atomic E-state index is 12.5. The van der Waals surface area contributed by atoms with E-state index in [0.29, 0.717) is 25.9 Å². The molecule has 61 heavy (non-hydrogen) atoms. The molecule has 0 heterocycles. The van der Waals surface area contributed by atoms with Crippen molar-refractivity contribution >= 4 is 11.9 Å². The predicted molar refractivity (Wildman–Crippen MR) is 264 cm³/mol. The molecule has 0 aromatic carbocycles. The number of aliphatic hydroxyl groups excluding tert-OH is 2. The third-order valence-corrected chi connectivity index (χ3v) is 12.8. The Labute approximate surface area is 380 Å². The summed E-state index contributed by atoms with van der Waals surface area (Å²) in [6.45, 7) is 4.90. The molecule has 6 heteroatoms. The van der Waals surface area contributed by atoms with E-state index in [0.717, 1.165) is 57.8 Å². The summed E-state index contributed by atoms with van der Waals surface area (Å²) in [5.41, 5.74) is 0. The molecule has 0 aliphatic rings. The number of hydrogen-bond donors (Lipinski definition) is 3. The van der Waals surface area contributed by atoms with Gasteiger partial charge < -0.3 is 20.3 Å². The standard InChI is InChI=1S/C55H107NO5/c1-3-5-7-9-11-13-15-17-19-21-22-23-25-27-29-33-37-41-45-49-55(60)61-50-46-42-38-34-30-32-36-40-44-48-54(59)56-52(51-57)53(58)47-43-39-35-31-28-26-24-20-18-16-14-12-10-8-6-4-2/h17,19,52-53,57-58H,3-16,18,20-51H2,1-2H3,(H,56,59)/b19-17-. The second-order valence-electron chi connectivity index (χ2n) is 18.9. The number of allylic oxidation sites excluding steroid dienone is 2. The maximum Gasteiger partial charge on any atom is 0.305 e. The Kier molecular flexibility index (Phi) is 50.1. The Morgan fingerprint density at radius 2 is 0.770 bits per heavy atom. The highest BCUT2D eigenvalue weighted by Gasteiger charge is 2.20. The van der Waals surface area contributed by atoms with Crippen LogP contribution in [0.5, 0.6) is 0 Å². The van der Waals surface area contributed by atoms with E-state index >= 15 is 0 Å². The number of ether oxygens (including phenoxy) is 1. The van der Waals surface area contributed by atoms with Gasteiger partial charge in [-0.25, -0.2) is 0 Å². The minimum atomic E-state index is -0.681. The van der Waals surface area contributed by atoms with Crippen LogP contribution in [0.25, 0.3) is 0 Å². The van der Waals surface area contributed by atoms with Crippen LogP contribution in [0.2, 0.25) is 0 Å². The number of carbonyl (C=O) groups excluding carboxylic acids is 2. The van der Waals surface area contributed by atoms with Gasteiger partial charge in [0.25, 0.3) is 0 Å². The summed E-state index contributed by atoms with van der Waals surface area (Å²) in [7, 11) is 0. The molecule has 2 unspecified atom stereocenters. The average Bonchev–Trinajstić information content (AvgIpc) is 3.26. The highest BCUT2D eigenvalue weighted by atomic mass is 16.5. The highest BCUT2D eigenvalue weighted by Crippen LogP contribution is 2.17. The fourth-order valence-corrected chi connectivity index (χ4v) is 8.58. The lowest BCUT2D eigenvalue weighted by Crippen LogP contribution is -2.45. The first-order valence-corrected chi connectivity index (χ1v) is 27.4. The molecule has 0 rings (SSSR count). The second kappa shape index (κ2) is 51.2. The quantitative estimate of drug-likeness (QED) is 0.0322. The predicted octanol–water partition coefficient (Wildman–Crippen LogP) is 16.5. The Morgan fingerprint density at radius 3 is 1.16 bits per heavy atom. The van der Waals surface area contributed by atoms with Crippen LogP contribution in [0.1, 0.15) is 303 Å². The Balaban J connectivity index is 3.46. The van der Waals surface area contributed by atoms with Crippen molar-refractivity contribution in [3.8, 4) is 0 Å².